The van der Waals surface area contributed by atoms with Gasteiger partial charge in [-0.05, 0) is 35.0 Å². The molecule has 106 valence electrons. The zero-order valence-corrected chi connectivity index (χ0v) is 12.7. The molecule has 1 heterocycles. The van der Waals surface area contributed by atoms with Crippen molar-refractivity contribution >= 4 is 45.1 Å². The number of rotatable bonds is 4. The average Bonchev–Trinajstić information content (AvgIpc) is 2.33. The van der Waals surface area contributed by atoms with Crippen LogP contribution in [0, 0.1) is 5.82 Å². The number of hydrogen-bond donors (Lipinski definition) is 2. The van der Waals surface area contributed by atoms with Crippen LogP contribution in [0.15, 0.2) is 16.6 Å². The summed E-state index contributed by atoms with van der Waals surface area (Å²) in [6, 6.07) is 2.53. The minimum absolute atomic E-state index is 0.000284. The quantitative estimate of drug-likeness (QED) is 0.869. The molecule has 0 amide bonds. The summed E-state index contributed by atoms with van der Waals surface area (Å²) < 4.78 is 18.7. The normalized spacial score (nSPS) is 10.4. The lowest BCUT2D eigenvalue weighted by atomic mass is 10.3. The summed E-state index contributed by atoms with van der Waals surface area (Å²) in [6.07, 6.45) is 0. The van der Waals surface area contributed by atoms with Crippen molar-refractivity contribution in [2.45, 2.75) is 6.92 Å². The molecule has 2 aromatic rings. The van der Waals surface area contributed by atoms with E-state index in [-0.39, 0.29) is 22.9 Å². The van der Waals surface area contributed by atoms with Crippen molar-refractivity contribution in [2.24, 2.45) is 0 Å². The Hall–Kier alpha value is -1.67. The summed E-state index contributed by atoms with van der Waals surface area (Å²) in [4.78, 5) is 11.7. The Morgan fingerprint density at radius 3 is 2.80 bits per heavy atom. The fourth-order valence-electron chi connectivity index (χ4n) is 1.40. The van der Waals surface area contributed by atoms with Crippen LogP contribution in [0.1, 0.15) is 6.92 Å². The predicted octanol–water partition coefficient (Wildman–Crippen LogP) is 3.15. The second-order valence-electron chi connectivity index (χ2n) is 3.60. The van der Waals surface area contributed by atoms with Crippen LogP contribution in [0.2, 0.25) is 5.02 Å². The third-order valence-corrected chi connectivity index (χ3v) is 3.07. The molecular weight excluding hydrogens is 353 g/mol. The van der Waals surface area contributed by atoms with Crippen LogP contribution < -0.4 is 15.8 Å². The number of halogens is 3. The number of nitrogens with zero attached hydrogens (tertiary/aromatic N) is 3. The van der Waals surface area contributed by atoms with E-state index in [2.05, 4.69) is 36.2 Å². The first kappa shape index (κ1) is 14.7. The number of nitrogens with one attached hydrogen (secondary N) is 1. The molecule has 0 atom stereocenters. The van der Waals surface area contributed by atoms with Crippen molar-refractivity contribution in [1.29, 1.82) is 0 Å². The summed E-state index contributed by atoms with van der Waals surface area (Å²) in [6.45, 7) is 2.18. The fraction of sp³-hybridized carbons (Fsp3) is 0.182. The molecule has 0 saturated heterocycles. The Bertz CT molecular complexity index is 619. The zero-order valence-electron chi connectivity index (χ0n) is 10.3. The van der Waals surface area contributed by atoms with Crippen molar-refractivity contribution in [2.75, 3.05) is 17.7 Å². The molecule has 9 heteroatoms. The molecule has 3 N–H and O–H groups in total. The third-order valence-electron chi connectivity index (χ3n) is 2.15. The Labute approximate surface area is 127 Å². The van der Waals surface area contributed by atoms with Gasteiger partial charge in [-0.25, -0.2) is 4.39 Å². The molecule has 1 aromatic heterocycles. The standard InChI is InChI=1S/C11H10BrClFN5O/c1-2-20-11-18-9(15)17-10(19-11)16-8-6(12)3-5(14)4-7(8)13/h3-4H,2H2,1H3,(H3,15,16,17,18,19). The van der Waals surface area contributed by atoms with Gasteiger partial charge in [0.05, 0.1) is 17.3 Å². The molecule has 0 radical (unpaired) electrons. The van der Waals surface area contributed by atoms with Crippen molar-refractivity contribution in [3.05, 3.63) is 27.4 Å². The molecular formula is C11H10BrClFN5O. The van der Waals surface area contributed by atoms with Crippen LogP contribution in [0.4, 0.5) is 22.0 Å². The first-order valence-electron chi connectivity index (χ1n) is 5.55. The largest absolute Gasteiger partial charge is 0.464 e. The van der Waals surface area contributed by atoms with Crippen molar-refractivity contribution in [1.82, 2.24) is 15.0 Å². The third kappa shape index (κ3) is 3.45. The van der Waals surface area contributed by atoms with Crippen LogP contribution in [-0.4, -0.2) is 21.6 Å². The Balaban J connectivity index is 2.35. The van der Waals surface area contributed by atoms with Gasteiger partial charge < -0.3 is 15.8 Å². The maximum absolute atomic E-state index is 13.2. The maximum atomic E-state index is 13.2. The van der Waals surface area contributed by atoms with E-state index in [4.69, 9.17) is 22.1 Å². The van der Waals surface area contributed by atoms with Crippen LogP contribution in [0.5, 0.6) is 6.01 Å². The molecule has 0 bridgehead atoms. The van der Waals surface area contributed by atoms with Gasteiger partial charge in [0.15, 0.2) is 0 Å². The van der Waals surface area contributed by atoms with Gasteiger partial charge >= 0.3 is 6.01 Å². The highest BCUT2D eigenvalue weighted by molar-refractivity contribution is 9.10. The van der Waals surface area contributed by atoms with E-state index in [1.54, 1.807) is 6.92 Å². The van der Waals surface area contributed by atoms with E-state index in [9.17, 15) is 4.39 Å². The fourth-order valence-corrected chi connectivity index (χ4v) is 2.29. The molecule has 0 fully saturated rings. The van der Waals surface area contributed by atoms with Gasteiger partial charge in [-0.2, -0.15) is 15.0 Å². The van der Waals surface area contributed by atoms with E-state index < -0.39 is 5.82 Å². The van der Waals surface area contributed by atoms with E-state index >= 15 is 0 Å². The molecule has 2 rings (SSSR count). The molecule has 6 nitrogen and oxygen atoms in total. The summed E-state index contributed by atoms with van der Waals surface area (Å²) in [7, 11) is 0. The number of nitrogens with two attached hydrogens (primary N) is 1. The SMILES string of the molecule is CCOc1nc(N)nc(Nc2c(Cl)cc(F)cc2Br)n1. The van der Waals surface area contributed by atoms with Gasteiger partial charge in [-0.1, -0.05) is 11.6 Å². The van der Waals surface area contributed by atoms with Gasteiger partial charge in [0, 0.05) is 4.47 Å². The van der Waals surface area contributed by atoms with Crippen LogP contribution >= 0.6 is 27.5 Å². The van der Waals surface area contributed by atoms with Crippen molar-refractivity contribution < 1.29 is 9.13 Å². The Morgan fingerprint density at radius 1 is 1.40 bits per heavy atom. The molecule has 1 aromatic carbocycles. The number of ether oxygens (including phenoxy) is 1. The minimum Gasteiger partial charge on any atom is -0.464 e. The number of aromatic nitrogens is 3. The van der Waals surface area contributed by atoms with Gasteiger partial charge in [-0.15, -0.1) is 0 Å². The highest BCUT2D eigenvalue weighted by atomic mass is 79.9. The first-order chi connectivity index (χ1) is 9.49. The van der Waals surface area contributed by atoms with Crippen LogP contribution in [0.3, 0.4) is 0 Å². The lowest BCUT2D eigenvalue weighted by Crippen LogP contribution is -2.07. The summed E-state index contributed by atoms with van der Waals surface area (Å²) >= 11 is 9.16. The lowest BCUT2D eigenvalue weighted by Gasteiger charge is -2.10. The second-order valence-corrected chi connectivity index (χ2v) is 4.86. The highest BCUT2D eigenvalue weighted by Gasteiger charge is 2.11. The van der Waals surface area contributed by atoms with Gasteiger partial charge in [0.1, 0.15) is 5.82 Å². The number of nitrogen functional groups attached to an aromatic ring is 1. The molecule has 0 aliphatic heterocycles. The van der Waals surface area contributed by atoms with Gasteiger partial charge in [0.2, 0.25) is 11.9 Å². The first-order valence-corrected chi connectivity index (χ1v) is 6.72. The van der Waals surface area contributed by atoms with E-state index in [1.807, 2.05) is 0 Å². The second kappa shape index (κ2) is 6.19. The predicted molar refractivity (Wildman–Crippen MR) is 77.8 cm³/mol. The number of hydrogen-bond acceptors (Lipinski definition) is 6. The Morgan fingerprint density at radius 2 is 2.15 bits per heavy atom. The lowest BCUT2D eigenvalue weighted by molar-refractivity contribution is 0.312. The van der Waals surface area contributed by atoms with Crippen LogP contribution in [-0.2, 0) is 0 Å². The maximum Gasteiger partial charge on any atom is 0.323 e. The van der Waals surface area contributed by atoms with E-state index in [0.29, 0.717) is 16.8 Å². The van der Waals surface area contributed by atoms with E-state index in [0.717, 1.165) is 0 Å². The minimum atomic E-state index is -0.461. The molecule has 0 unspecified atom stereocenters. The van der Waals surface area contributed by atoms with Gasteiger partial charge in [-0.3, -0.25) is 0 Å². The Kier molecular flexibility index (Phi) is 4.56. The number of anilines is 3. The number of benzene rings is 1. The summed E-state index contributed by atoms with van der Waals surface area (Å²) in [5, 5.41) is 3.01. The molecule has 0 spiro atoms. The summed E-state index contributed by atoms with van der Waals surface area (Å²) in [5.74, 6) is -0.312. The molecule has 0 saturated carbocycles. The topological polar surface area (TPSA) is 86.0 Å². The molecule has 20 heavy (non-hydrogen) atoms. The smallest absolute Gasteiger partial charge is 0.323 e. The average molecular weight is 363 g/mol. The highest BCUT2D eigenvalue weighted by Crippen LogP contribution is 2.33. The zero-order chi connectivity index (χ0) is 14.7. The van der Waals surface area contributed by atoms with Crippen LogP contribution in [0.25, 0.3) is 0 Å². The van der Waals surface area contributed by atoms with Crippen molar-refractivity contribution in [3.8, 4) is 6.01 Å². The molecule has 0 aliphatic rings. The monoisotopic (exact) mass is 361 g/mol. The molecule has 0 aliphatic carbocycles. The van der Waals surface area contributed by atoms with Gasteiger partial charge in [0.25, 0.3) is 0 Å². The van der Waals surface area contributed by atoms with Crippen molar-refractivity contribution in [3.63, 3.8) is 0 Å². The van der Waals surface area contributed by atoms with E-state index in [1.165, 1.54) is 12.1 Å². The summed E-state index contributed by atoms with van der Waals surface area (Å²) in [5.41, 5.74) is 5.97.